The van der Waals surface area contributed by atoms with Gasteiger partial charge in [-0.3, -0.25) is 4.99 Å². The van der Waals surface area contributed by atoms with Crippen LogP contribution in [0.4, 0.5) is 0 Å². The average molecular weight is 254 g/mol. The first kappa shape index (κ1) is 13.3. The number of hydrogen-bond acceptors (Lipinski definition) is 3. The highest BCUT2D eigenvalue weighted by atomic mass is 32.2. The lowest BCUT2D eigenvalue weighted by atomic mass is 9.92. The first-order valence-electron chi connectivity index (χ1n) is 6.97. The Kier molecular flexibility index (Phi) is 4.06. The average Bonchev–Trinajstić information content (AvgIpc) is 2.92. The third-order valence-corrected chi connectivity index (χ3v) is 5.33. The first-order valence-corrected chi connectivity index (χ1v) is 7.85. The summed E-state index contributed by atoms with van der Waals surface area (Å²) in [5, 5.41) is 5.49. The number of nitrogens with one attached hydrogen (secondary N) is 1. The fourth-order valence-electron chi connectivity index (χ4n) is 2.53. The summed E-state index contributed by atoms with van der Waals surface area (Å²) in [6.45, 7) is 11.4. The maximum atomic E-state index is 4.63. The summed E-state index contributed by atoms with van der Waals surface area (Å²) in [4.78, 5) is 4.63. The summed E-state index contributed by atoms with van der Waals surface area (Å²) < 4.78 is 0. The number of hydrogen-bond donors (Lipinski definition) is 1. The number of nitrogens with zero attached hydrogens (tertiary/aromatic N) is 1. The molecule has 1 heterocycles. The summed E-state index contributed by atoms with van der Waals surface area (Å²) in [7, 11) is 0. The van der Waals surface area contributed by atoms with E-state index in [9.17, 15) is 0 Å². The standard InChI is InChI=1S/C14H26N2S/c1-10(2)7-12-8-15-13(17-12)16-9-14(5-6-14)11(3)4/h10-12H,5-9H2,1-4H3,(H,15,16). The Bertz CT molecular complexity index is 293. The van der Waals surface area contributed by atoms with Crippen molar-refractivity contribution in [2.75, 3.05) is 13.1 Å². The Labute approximate surface area is 110 Å². The molecule has 1 saturated carbocycles. The first-order chi connectivity index (χ1) is 8.02. The highest BCUT2D eigenvalue weighted by Gasteiger charge is 2.45. The van der Waals surface area contributed by atoms with Gasteiger partial charge < -0.3 is 5.32 Å². The van der Waals surface area contributed by atoms with Crippen LogP contribution in [0.2, 0.25) is 0 Å². The van der Waals surface area contributed by atoms with E-state index in [1.54, 1.807) is 0 Å². The minimum absolute atomic E-state index is 0.583. The van der Waals surface area contributed by atoms with Crippen LogP contribution in [0.25, 0.3) is 0 Å². The van der Waals surface area contributed by atoms with Gasteiger partial charge in [0.05, 0.1) is 6.54 Å². The molecule has 2 aliphatic rings. The maximum Gasteiger partial charge on any atom is 0.156 e. The van der Waals surface area contributed by atoms with Crippen molar-refractivity contribution in [3.05, 3.63) is 0 Å². The second kappa shape index (κ2) is 5.21. The number of aliphatic imine (C=N–C) groups is 1. The van der Waals surface area contributed by atoms with E-state index in [1.807, 2.05) is 11.8 Å². The zero-order valence-corrected chi connectivity index (χ0v) is 12.4. The molecule has 0 amide bonds. The van der Waals surface area contributed by atoms with Crippen molar-refractivity contribution in [2.24, 2.45) is 22.2 Å². The van der Waals surface area contributed by atoms with Crippen molar-refractivity contribution in [3.63, 3.8) is 0 Å². The van der Waals surface area contributed by atoms with Gasteiger partial charge >= 0.3 is 0 Å². The topological polar surface area (TPSA) is 24.4 Å². The molecule has 17 heavy (non-hydrogen) atoms. The van der Waals surface area contributed by atoms with E-state index in [0.29, 0.717) is 10.7 Å². The molecule has 0 spiro atoms. The van der Waals surface area contributed by atoms with Crippen LogP contribution < -0.4 is 5.32 Å². The second-order valence-electron chi connectivity index (χ2n) is 6.39. The zero-order chi connectivity index (χ0) is 12.5. The van der Waals surface area contributed by atoms with E-state index >= 15 is 0 Å². The van der Waals surface area contributed by atoms with Gasteiger partial charge in [-0.15, -0.1) is 0 Å². The lowest BCUT2D eigenvalue weighted by Gasteiger charge is -2.20. The van der Waals surface area contributed by atoms with Crippen LogP contribution in [0, 0.1) is 17.3 Å². The summed E-state index contributed by atoms with van der Waals surface area (Å²) >= 11 is 1.96. The monoisotopic (exact) mass is 254 g/mol. The molecule has 1 atom stereocenters. The summed E-state index contributed by atoms with van der Waals surface area (Å²) in [6, 6.07) is 0. The van der Waals surface area contributed by atoms with Crippen molar-refractivity contribution in [3.8, 4) is 0 Å². The predicted molar refractivity (Wildman–Crippen MR) is 77.6 cm³/mol. The lowest BCUT2D eigenvalue weighted by molar-refractivity contribution is 0.358. The molecule has 3 heteroatoms. The van der Waals surface area contributed by atoms with Crippen LogP contribution in [-0.2, 0) is 0 Å². The van der Waals surface area contributed by atoms with Crippen LogP contribution in [0.1, 0.15) is 47.0 Å². The molecule has 1 N–H and O–H groups in total. The van der Waals surface area contributed by atoms with Crippen molar-refractivity contribution in [1.29, 1.82) is 0 Å². The van der Waals surface area contributed by atoms with Crippen LogP contribution >= 0.6 is 11.8 Å². The van der Waals surface area contributed by atoms with E-state index < -0.39 is 0 Å². The molecule has 0 aromatic carbocycles. The Morgan fingerprint density at radius 2 is 2.06 bits per heavy atom. The van der Waals surface area contributed by atoms with Crippen molar-refractivity contribution < 1.29 is 0 Å². The van der Waals surface area contributed by atoms with Crippen molar-refractivity contribution in [1.82, 2.24) is 5.32 Å². The summed E-state index contributed by atoms with van der Waals surface area (Å²) in [6.07, 6.45) is 4.07. The quantitative estimate of drug-likeness (QED) is 0.811. The van der Waals surface area contributed by atoms with Gasteiger partial charge in [-0.05, 0) is 36.5 Å². The Morgan fingerprint density at radius 1 is 1.35 bits per heavy atom. The Balaban J connectivity index is 1.71. The minimum atomic E-state index is 0.583. The molecular weight excluding hydrogens is 228 g/mol. The molecule has 1 aliphatic carbocycles. The predicted octanol–water partition coefficient (Wildman–Crippen LogP) is 3.53. The van der Waals surface area contributed by atoms with Gasteiger partial charge in [0.1, 0.15) is 0 Å². The smallest absolute Gasteiger partial charge is 0.156 e. The third-order valence-electron chi connectivity index (χ3n) is 4.16. The molecule has 0 radical (unpaired) electrons. The third kappa shape index (κ3) is 3.40. The van der Waals surface area contributed by atoms with E-state index in [1.165, 1.54) is 24.4 Å². The van der Waals surface area contributed by atoms with Gasteiger partial charge in [0, 0.05) is 11.8 Å². The largest absolute Gasteiger partial charge is 0.364 e. The molecule has 0 aromatic rings. The van der Waals surface area contributed by atoms with Gasteiger partial charge in [-0.2, -0.15) is 0 Å². The summed E-state index contributed by atoms with van der Waals surface area (Å²) in [5.74, 6) is 1.58. The molecular formula is C14H26N2S. The Hall–Kier alpha value is -0.180. The summed E-state index contributed by atoms with van der Waals surface area (Å²) in [5.41, 5.74) is 0.583. The SMILES string of the molecule is CC(C)CC1CN=C(NCC2(C(C)C)CC2)S1. The second-order valence-corrected chi connectivity index (χ2v) is 7.67. The van der Waals surface area contributed by atoms with E-state index in [2.05, 4.69) is 38.0 Å². The number of thioether (sulfide) groups is 1. The number of amidine groups is 1. The van der Waals surface area contributed by atoms with E-state index in [4.69, 9.17) is 0 Å². The maximum absolute atomic E-state index is 4.63. The van der Waals surface area contributed by atoms with Crippen LogP contribution in [0.5, 0.6) is 0 Å². The van der Waals surface area contributed by atoms with E-state index in [0.717, 1.165) is 24.9 Å². The fourth-order valence-corrected chi connectivity index (χ4v) is 3.78. The van der Waals surface area contributed by atoms with Crippen molar-refractivity contribution >= 4 is 16.9 Å². The molecule has 1 aliphatic heterocycles. The molecule has 0 bridgehead atoms. The molecule has 0 saturated heterocycles. The van der Waals surface area contributed by atoms with Crippen LogP contribution in [0.3, 0.4) is 0 Å². The molecule has 1 unspecified atom stereocenters. The van der Waals surface area contributed by atoms with Crippen LogP contribution in [-0.4, -0.2) is 23.5 Å². The fraction of sp³-hybridized carbons (Fsp3) is 0.929. The van der Waals surface area contributed by atoms with Gasteiger partial charge in [0.25, 0.3) is 0 Å². The molecule has 1 fully saturated rings. The lowest BCUT2D eigenvalue weighted by Crippen LogP contribution is -2.30. The number of rotatable bonds is 5. The van der Waals surface area contributed by atoms with Gasteiger partial charge in [-0.25, -0.2) is 0 Å². The van der Waals surface area contributed by atoms with Gasteiger partial charge in [0.2, 0.25) is 0 Å². The molecule has 2 rings (SSSR count). The van der Waals surface area contributed by atoms with Gasteiger partial charge in [-0.1, -0.05) is 39.5 Å². The molecule has 98 valence electrons. The zero-order valence-electron chi connectivity index (χ0n) is 11.6. The van der Waals surface area contributed by atoms with Crippen LogP contribution in [0.15, 0.2) is 4.99 Å². The highest BCUT2D eigenvalue weighted by molar-refractivity contribution is 8.14. The highest BCUT2D eigenvalue weighted by Crippen LogP contribution is 2.51. The molecule has 0 aromatic heterocycles. The Morgan fingerprint density at radius 3 is 2.59 bits per heavy atom. The normalized spacial score (nSPS) is 26.5. The van der Waals surface area contributed by atoms with E-state index in [-0.39, 0.29) is 0 Å². The van der Waals surface area contributed by atoms with Gasteiger partial charge in [0.15, 0.2) is 5.17 Å². The minimum Gasteiger partial charge on any atom is -0.364 e. The van der Waals surface area contributed by atoms with Crippen molar-refractivity contribution in [2.45, 2.75) is 52.2 Å². The molecule has 2 nitrogen and oxygen atoms in total.